The average Bonchev–Trinajstić information content (AvgIpc) is 2.54. The molecule has 2 fully saturated rings. The first kappa shape index (κ1) is 20.6. The highest BCUT2D eigenvalue weighted by atomic mass is 35.5. The van der Waals surface area contributed by atoms with E-state index in [-0.39, 0.29) is 23.0 Å². The highest BCUT2D eigenvalue weighted by molar-refractivity contribution is 6.32. The second-order valence-electron chi connectivity index (χ2n) is 9.51. The van der Waals surface area contributed by atoms with Gasteiger partial charge in [-0.15, -0.1) is 0 Å². The van der Waals surface area contributed by atoms with Gasteiger partial charge in [-0.2, -0.15) is 0 Å². The average molecular weight is 393 g/mol. The summed E-state index contributed by atoms with van der Waals surface area (Å²) in [5.41, 5.74) is 0.792. The van der Waals surface area contributed by atoms with Gasteiger partial charge in [-0.1, -0.05) is 11.6 Å². The van der Waals surface area contributed by atoms with Gasteiger partial charge in [0, 0.05) is 23.1 Å². The molecule has 2 heterocycles. The maximum absolute atomic E-state index is 12.9. The Morgan fingerprint density at radius 1 is 1.15 bits per heavy atom. The number of halogens is 1. The molecule has 1 aromatic carbocycles. The molecule has 0 aromatic heterocycles. The van der Waals surface area contributed by atoms with Crippen molar-refractivity contribution in [2.24, 2.45) is 5.92 Å². The molecule has 1 aromatic rings. The molecular weight excluding hydrogens is 360 g/mol. The van der Waals surface area contributed by atoms with Gasteiger partial charge in [0.05, 0.1) is 5.02 Å². The lowest BCUT2D eigenvalue weighted by molar-refractivity contribution is 0.0864. The van der Waals surface area contributed by atoms with Crippen LogP contribution in [0, 0.1) is 5.92 Å². The lowest BCUT2D eigenvalue weighted by atomic mass is 9.74. The van der Waals surface area contributed by atoms with Gasteiger partial charge in [0.25, 0.3) is 0 Å². The van der Waals surface area contributed by atoms with Crippen LogP contribution in [0.25, 0.3) is 0 Å². The van der Waals surface area contributed by atoms with E-state index in [0.717, 1.165) is 38.8 Å². The van der Waals surface area contributed by atoms with Gasteiger partial charge in [0.15, 0.2) is 5.78 Å². The number of ether oxygens (including phenoxy) is 1. The van der Waals surface area contributed by atoms with E-state index in [1.54, 1.807) is 6.07 Å². The van der Waals surface area contributed by atoms with E-state index in [1.807, 2.05) is 12.1 Å². The molecule has 0 atom stereocenters. The zero-order valence-corrected chi connectivity index (χ0v) is 17.8. The second-order valence-corrected chi connectivity index (χ2v) is 9.91. The Morgan fingerprint density at radius 2 is 1.78 bits per heavy atom. The van der Waals surface area contributed by atoms with Crippen molar-refractivity contribution in [1.82, 2.24) is 10.6 Å². The fraction of sp³-hybridized carbons (Fsp3) is 0.682. The minimum Gasteiger partial charge on any atom is -0.489 e. The number of piperidine rings is 2. The summed E-state index contributed by atoms with van der Waals surface area (Å²) in [6.07, 6.45) is 4.75. The summed E-state index contributed by atoms with van der Waals surface area (Å²) in [7, 11) is 0. The van der Waals surface area contributed by atoms with E-state index >= 15 is 0 Å². The third-order valence-electron chi connectivity index (χ3n) is 5.58. The molecule has 2 N–H and O–H groups in total. The maximum atomic E-state index is 12.9. The lowest BCUT2D eigenvalue weighted by Crippen LogP contribution is -2.57. The van der Waals surface area contributed by atoms with Crippen LogP contribution in [0.2, 0.25) is 5.02 Å². The van der Waals surface area contributed by atoms with Gasteiger partial charge in [-0.3, -0.25) is 4.79 Å². The highest BCUT2D eigenvalue weighted by Crippen LogP contribution is 2.36. The van der Waals surface area contributed by atoms with Gasteiger partial charge in [0.2, 0.25) is 0 Å². The number of ketones is 1. The van der Waals surface area contributed by atoms with Crippen LogP contribution >= 0.6 is 11.6 Å². The predicted molar refractivity (Wildman–Crippen MR) is 111 cm³/mol. The normalized spacial score (nSPS) is 23.1. The quantitative estimate of drug-likeness (QED) is 0.719. The molecule has 5 heteroatoms. The summed E-state index contributed by atoms with van der Waals surface area (Å²) in [6, 6.07) is 5.49. The molecule has 4 nitrogen and oxygen atoms in total. The third kappa shape index (κ3) is 5.69. The van der Waals surface area contributed by atoms with Gasteiger partial charge in [-0.05, 0) is 90.6 Å². The lowest BCUT2D eigenvalue weighted by Gasteiger charge is -2.46. The second kappa shape index (κ2) is 8.10. The summed E-state index contributed by atoms with van der Waals surface area (Å²) in [5.74, 6) is 1.24. The minimum absolute atomic E-state index is 0.0525. The Morgan fingerprint density at radius 3 is 2.37 bits per heavy atom. The Bertz CT molecular complexity index is 665. The molecule has 2 aliphatic heterocycles. The minimum atomic E-state index is 0.0525. The molecule has 150 valence electrons. The number of rotatable bonds is 5. The fourth-order valence-corrected chi connectivity index (χ4v) is 5.15. The van der Waals surface area contributed by atoms with Crippen molar-refractivity contribution >= 4 is 17.4 Å². The molecule has 0 bridgehead atoms. The number of Topliss-reactive ketones (excluding diaryl/α,β-unsaturated/α-hetero) is 1. The van der Waals surface area contributed by atoms with Crippen molar-refractivity contribution in [3.8, 4) is 5.75 Å². The van der Waals surface area contributed by atoms with Crippen molar-refractivity contribution in [3.05, 3.63) is 28.8 Å². The third-order valence-corrected chi connectivity index (χ3v) is 5.88. The summed E-state index contributed by atoms with van der Waals surface area (Å²) < 4.78 is 6.03. The summed E-state index contributed by atoms with van der Waals surface area (Å²) in [4.78, 5) is 12.9. The predicted octanol–water partition coefficient (Wildman–Crippen LogP) is 4.60. The first-order valence-corrected chi connectivity index (χ1v) is 10.5. The number of hydrogen-bond donors (Lipinski definition) is 2. The Hall–Kier alpha value is -1.10. The SMILES string of the molecule is CC1(C)CC(CC(=O)c2ccc(OC3CCNCC3)c(Cl)c2)CC(C)(C)N1. The van der Waals surface area contributed by atoms with Crippen LogP contribution in [0.15, 0.2) is 18.2 Å². The molecule has 2 saturated heterocycles. The summed E-state index contributed by atoms with van der Waals surface area (Å²) in [5, 5.41) is 7.54. The van der Waals surface area contributed by atoms with Crippen LogP contribution in [0.1, 0.15) is 70.2 Å². The van der Waals surface area contributed by atoms with Crippen LogP contribution in [-0.4, -0.2) is 36.1 Å². The number of nitrogens with one attached hydrogen (secondary N) is 2. The van der Waals surface area contributed by atoms with E-state index in [1.165, 1.54) is 0 Å². The summed E-state index contributed by atoms with van der Waals surface area (Å²) in [6.45, 7) is 10.8. The summed E-state index contributed by atoms with van der Waals surface area (Å²) >= 11 is 6.42. The molecule has 0 aliphatic carbocycles. The van der Waals surface area contributed by atoms with Crippen LogP contribution in [0.3, 0.4) is 0 Å². The molecule has 3 rings (SSSR count). The Kier molecular flexibility index (Phi) is 6.19. The van der Waals surface area contributed by atoms with Crippen LogP contribution in [0.4, 0.5) is 0 Å². The van der Waals surface area contributed by atoms with Crippen molar-refractivity contribution in [2.45, 2.75) is 77.0 Å². The van der Waals surface area contributed by atoms with E-state index in [4.69, 9.17) is 16.3 Å². The topological polar surface area (TPSA) is 50.4 Å². The number of carbonyl (C=O) groups excluding carboxylic acids is 1. The van der Waals surface area contributed by atoms with E-state index < -0.39 is 0 Å². The molecule has 0 spiro atoms. The van der Waals surface area contributed by atoms with Gasteiger partial charge >= 0.3 is 0 Å². The fourth-order valence-electron chi connectivity index (χ4n) is 4.92. The van der Waals surface area contributed by atoms with Crippen molar-refractivity contribution in [1.29, 1.82) is 0 Å². The van der Waals surface area contributed by atoms with Gasteiger partial charge in [0.1, 0.15) is 11.9 Å². The van der Waals surface area contributed by atoms with E-state index in [0.29, 0.717) is 28.7 Å². The Balaban J connectivity index is 1.64. The van der Waals surface area contributed by atoms with E-state index in [9.17, 15) is 4.79 Å². The zero-order valence-electron chi connectivity index (χ0n) is 17.0. The van der Waals surface area contributed by atoms with Crippen LogP contribution in [0.5, 0.6) is 5.75 Å². The molecule has 27 heavy (non-hydrogen) atoms. The molecule has 0 unspecified atom stereocenters. The Labute approximate surface area is 168 Å². The molecule has 0 amide bonds. The number of benzene rings is 1. The van der Waals surface area contributed by atoms with Crippen LogP contribution in [-0.2, 0) is 0 Å². The van der Waals surface area contributed by atoms with Crippen molar-refractivity contribution in [2.75, 3.05) is 13.1 Å². The molecular formula is C22H33ClN2O2. The number of hydrogen-bond acceptors (Lipinski definition) is 4. The van der Waals surface area contributed by atoms with Gasteiger partial charge < -0.3 is 15.4 Å². The first-order chi connectivity index (χ1) is 12.6. The molecule has 2 aliphatic rings. The smallest absolute Gasteiger partial charge is 0.163 e. The van der Waals surface area contributed by atoms with Crippen LogP contribution < -0.4 is 15.4 Å². The van der Waals surface area contributed by atoms with Crippen molar-refractivity contribution < 1.29 is 9.53 Å². The monoisotopic (exact) mass is 392 g/mol. The number of carbonyl (C=O) groups is 1. The maximum Gasteiger partial charge on any atom is 0.163 e. The van der Waals surface area contributed by atoms with Gasteiger partial charge in [-0.25, -0.2) is 0 Å². The largest absolute Gasteiger partial charge is 0.489 e. The molecule has 0 radical (unpaired) electrons. The first-order valence-electron chi connectivity index (χ1n) is 10.1. The molecule has 0 saturated carbocycles. The zero-order chi connectivity index (χ0) is 19.7. The standard InChI is InChI=1S/C22H33ClN2O2/c1-21(2)13-15(14-22(3,4)25-21)11-19(26)16-5-6-20(18(23)12-16)27-17-7-9-24-10-8-17/h5-6,12,15,17,24-25H,7-11,13-14H2,1-4H3. The highest BCUT2D eigenvalue weighted by Gasteiger charge is 2.38. The van der Waals surface area contributed by atoms with E-state index in [2.05, 4.69) is 38.3 Å². The van der Waals surface area contributed by atoms with Crippen molar-refractivity contribution in [3.63, 3.8) is 0 Å².